The number of alkyl carbamates (subject to hydrolysis) is 1. The van der Waals surface area contributed by atoms with Gasteiger partial charge in [-0.1, -0.05) is 39.0 Å². The fourth-order valence-corrected chi connectivity index (χ4v) is 1.24. The number of hydrogen-bond donors (Lipinski definition) is 1. The number of carbonyl (C=O) groups excluding carboxylic acids is 1. The van der Waals surface area contributed by atoms with Crippen LogP contribution in [-0.4, -0.2) is 19.2 Å². The van der Waals surface area contributed by atoms with E-state index >= 15 is 0 Å². The SMILES string of the molecule is [CH2]COC(=O)NCCCCCCCC. The van der Waals surface area contributed by atoms with Gasteiger partial charge in [-0.2, -0.15) is 0 Å². The summed E-state index contributed by atoms with van der Waals surface area (Å²) in [6.07, 6.45) is 7.03. The number of ether oxygens (including phenoxy) is 1. The molecule has 14 heavy (non-hydrogen) atoms. The smallest absolute Gasteiger partial charge is 0.407 e. The van der Waals surface area contributed by atoms with E-state index < -0.39 is 0 Å². The maximum Gasteiger partial charge on any atom is 0.407 e. The number of nitrogens with one attached hydrogen (secondary N) is 1. The molecule has 0 saturated carbocycles. The molecule has 1 N–H and O–H groups in total. The van der Waals surface area contributed by atoms with E-state index in [0.29, 0.717) is 6.54 Å². The molecule has 0 aliphatic heterocycles. The van der Waals surface area contributed by atoms with Gasteiger partial charge in [-0.05, 0) is 13.3 Å². The van der Waals surface area contributed by atoms with Gasteiger partial charge in [0.2, 0.25) is 0 Å². The summed E-state index contributed by atoms with van der Waals surface area (Å²) in [5, 5.41) is 2.67. The molecular weight excluding hydrogens is 178 g/mol. The Labute approximate surface area is 87.2 Å². The van der Waals surface area contributed by atoms with Crippen LogP contribution in [0.5, 0.6) is 0 Å². The number of amides is 1. The minimum atomic E-state index is -0.353. The van der Waals surface area contributed by atoms with E-state index in [1.54, 1.807) is 0 Å². The zero-order chi connectivity index (χ0) is 10.6. The normalized spacial score (nSPS) is 9.86. The van der Waals surface area contributed by atoms with Gasteiger partial charge in [-0.25, -0.2) is 4.79 Å². The van der Waals surface area contributed by atoms with Crippen molar-refractivity contribution in [2.45, 2.75) is 45.4 Å². The van der Waals surface area contributed by atoms with Gasteiger partial charge in [0.1, 0.15) is 0 Å². The lowest BCUT2D eigenvalue weighted by atomic mass is 10.1. The molecule has 83 valence electrons. The topological polar surface area (TPSA) is 38.3 Å². The van der Waals surface area contributed by atoms with E-state index in [2.05, 4.69) is 23.9 Å². The lowest BCUT2D eigenvalue weighted by Crippen LogP contribution is -2.25. The molecule has 1 amide bonds. The fourth-order valence-electron chi connectivity index (χ4n) is 1.24. The molecule has 0 fully saturated rings. The van der Waals surface area contributed by atoms with Crippen molar-refractivity contribution in [1.29, 1.82) is 0 Å². The van der Waals surface area contributed by atoms with Crippen LogP contribution < -0.4 is 5.32 Å². The van der Waals surface area contributed by atoms with Crippen LogP contribution in [0, 0.1) is 6.92 Å². The van der Waals surface area contributed by atoms with Gasteiger partial charge in [0.15, 0.2) is 0 Å². The Morgan fingerprint density at radius 2 is 1.86 bits per heavy atom. The van der Waals surface area contributed by atoms with Gasteiger partial charge in [0.05, 0.1) is 6.61 Å². The highest BCUT2D eigenvalue weighted by Gasteiger charge is 1.97. The Morgan fingerprint density at radius 3 is 2.50 bits per heavy atom. The first-order valence-corrected chi connectivity index (χ1v) is 5.51. The fraction of sp³-hybridized carbons (Fsp3) is 0.818. The van der Waals surface area contributed by atoms with E-state index in [-0.39, 0.29) is 12.7 Å². The Morgan fingerprint density at radius 1 is 1.21 bits per heavy atom. The molecule has 0 rings (SSSR count). The summed E-state index contributed by atoms with van der Waals surface area (Å²) in [7, 11) is 0. The van der Waals surface area contributed by atoms with E-state index in [9.17, 15) is 4.79 Å². The van der Waals surface area contributed by atoms with Crippen LogP contribution in [0.1, 0.15) is 45.4 Å². The number of unbranched alkanes of at least 4 members (excludes halogenated alkanes) is 5. The molecule has 3 heteroatoms. The molecule has 0 aromatic carbocycles. The Bertz CT molecular complexity index is 137. The van der Waals surface area contributed by atoms with E-state index in [4.69, 9.17) is 0 Å². The summed E-state index contributed by atoms with van der Waals surface area (Å²) >= 11 is 0. The third-order valence-electron chi connectivity index (χ3n) is 2.03. The van der Waals surface area contributed by atoms with Gasteiger partial charge < -0.3 is 10.1 Å². The van der Waals surface area contributed by atoms with Crippen LogP contribution in [-0.2, 0) is 4.74 Å². The van der Waals surface area contributed by atoms with Crippen molar-refractivity contribution in [2.24, 2.45) is 0 Å². The Kier molecular flexibility index (Phi) is 9.81. The molecule has 0 saturated heterocycles. The van der Waals surface area contributed by atoms with Crippen LogP contribution in [0.25, 0.3) is 0 Å². The van der Waals surface area contributed by atoms with Crippen molar-refractivity contribution in [3.8, 4) is 0 Å². The zero-order valence-corrected chi connectivity index (χ0v) is 9.18. The summed E-state index contributed by atoms with van der Waals surface area (Å²) in [4.78, 5) is 10.8. The largest absolute Gasteiger partial charge is 0.450 e. The van der Waals surface area contributed by atoms with Crippen LogP contribution in [0.3, 0.4) is 0 Å². The number of rotatable bonds is 8. The molecule has 0 bridgehead atoms. The molecule has 0 heterocycles. The van der Waals surface area contributed by atoms with Gasteiger partial charge in [0, 0.05) is 6.54 Å². The summed E-state index contributed by atoms with van der Waals surface area (Å²) in [6.45, 7) is 6.54. The summed E-state index contributed by atoms with van der Waals surface area (Å²) in [5.41, 5.74) is 0. The first-order chi connectivity index (χ1) is 6.81. The van der Waals surface area contributed by atoms with Crippen molar-refractivity contribution in [2.75, 3.05) is 13.2 Å². The minimum Gasteiger partial charge on any atom is -0.450 e. The molecule has 3 nitrogen and oxygen atoms in total. The van der Waals surface area contributed by atoms with E-state index in [1.807, 2.05) is 0 Å². The first kappa shape index (κ1) is 13.3. The molecule has 0 unspecified atom stereocenters. The second-order valence-corrected chi connectivity index (χ2v) is 3.33. The lowest BCUT2D eigenvalue weighted by molar-refractivity contribution is 0.157. The summed E-state index contributed by atoms with van der Waals surface area (Å²) < 4.78 is 4.63. The van der Waals surface area contributed by atoms with Crippen molar-refractivity contribution in [3.63, 3.8) is 0 Å². The second-order valence-electron chi connectivity index (χ2n) is 3.33. The van der Waals surface area contributed by atoms with Gasteiger partial charge in [0.25, 0.3) is 0 Å². The van der Waals surface area contributed by atoms with Crippen LogP contribution in [0.2, 0.25) is 0 Å². The summed E-state index contributed by atoms with van der Waals surface area (Å²) in [5.74, 6) is 0. The quantitative estimate of drug-likeness (QED) is 0.612. The first-order valence-electron chi connectivity index (χ1n) is 5.51. The predicted molar refractivity (Wildman–Crippen MR) is 58.1 cm³/mol. The van der Waals surface area contributed by atoms with Crippen molar-refractivity contribution in [3.05, 3.63) is 6.92 Å². The predicted octanol–water partition coefficient (Wildman–Crippen LogP) is 2.91. The van der Waals surface area contributed by atoms with Crippen molar-refractivity contribution >= 4 is 6.09 Å². The molecule has 0 atom stereocenters. The van der Waals surface area contributed by atoms with Gasteiger partial charge in [-0.3, -0.25) is 0 Å². The standard InChI is InChI=1S/C11H22NO2/c1-3-5-6-7-8-9-10-12-11(13)14-4-2/h2-10H2,1H3,(H,12,13). The van der Waals surface area contributed by atoms with Crippen molar-refractivity contribution in [1.82, 2.24) is 5.32 Å². The average Bonchev–Trinajstić information content (AvgIpc) is 2.17. The number of carbonyl (C=O) groups is 1. The monoisotopic (exact) mass is 200 g/mol. The molecule has 0 aliphatic rings. The summed E-state index contributed by atoms with van der Waals surface area (Å²) in [6, 6.07) is 0. The van der Waals surface area contributed by atoms with E-state index in [0.717, 1.165) is 6.42 Å². The van der Waals surface area contributed by atoms with Crippen LogP contribution >= 0.6 is 0 Å². The van der Waals surface area contributed by atoms with Crippen LogP contribution in [0.4, 0.5) is 4.79 Å². The van der Waals surface area contributed by atoms with Gasteiger partial charge >= 0.3 is 6.09 Å². The second kappa shape index (κ2) is 10.4. The third kappa shape index (κ3) is 9.36. The lowest BCUT2D eigenvalue weighted by Gasteiger charge is -2.04. The zero-order valence-electron chi connectivity index (χ0n) is 9.18. The molecule has 0 aliphatic carbocycles. The molecule has 0 spiro atoms. The highest BCUT2D eigenvalue weighted by molar-refractivity contribution is 5.66. The number of hydrogen-bond acceptors (Lipinski definition) is 2. The molecular formula is C11H22NO2. The average molecular weight is 200 g/mol. The van der Waals surface area contributed by atoms with Gasteiger partial charge in [-0.15, -0.1) is 0 Å². The minimum absolute atomic E-state index is 0.197. The highest BCUT2D eigenvalue weighted by Crippen LogP contribution is 2.03. The Hall–Kier alpha value is -0.730. The third-order valence-corrected chi connectivity index (χ3v) is 2.03. The maximum absolute atomic E-state index is 10.8. The molecule has 1 radical (unpaired) electrons. The molecule has 0 aromatic heterocycles. The van der Waals surface area contributed by atoms with Crippen LogP contribution in [0.15, 0.2) is 0 Å². The highest BCUT2D eigenvalue weighted by atomic mass is 16.5. The van der Waals surface area contributed by atoms with E-state index in [1.165, 1.54) is 32.1 Å². The maximum atomic E-state index is 10.8. The Balaban J connectivity index is 3.01. The van der Waals surface area contributed by atoms with Crippen molar-refractivity contribution < 1.29 is 9.53 Å². The molecule has 0 aromatic rings.